The summed E-state index contributed by atoms with van der Waals surface area (Å²) in [5, 5.41) is 6.63. The molecule has 16 aromatic carbocycles. The van der Waals surface area contributed by atoms with Crippen molar-refractivity contribution in [3.63, 3.8) is 0 Å². The van der Waals surface area contributed by atoms with Crippen LogP contribution in [0.15, 0.2) is 381 Å². The van der Waals surface area contributed by atoms with Crippen molar-refractivity contribution in [1.82, 2.24) is 29.9 Å². The molecule has 0 fully saturated rings. The number of rotatable bonds is 14. The summed E-state index contributed by atoms with van der Waals surface area (Å²) in [5.74, 6) is 3.62. The van der Waals surface area contributed by atoms with Crippen molar-refractivity contribution in [3.05, 3.63) is 376 Å². The predicted molar refractivity (Wildman–Crippen MR) is 462 cm³/mol. The molecule has 0 N–H and O–H groups in total. The van der Waals surface area contributed by atoms with E-state index >= 15 is 0 Å². The third-order valence-corrected chi connectivity index (χ3v) is 23.5. The predicted octanol–water partition coefficient (Wildman–Crippen LogP) is 28.0. The Labute approximate surface area is 648 Å². The molecule has 21 aromatic rings. The minimum atomic E-state index is 0.576. The Hall–Kier alpha value is -14.2. The van der Waals surface area contributed by atoms with Crippen molar-refractivity contribution in [3.8, 4) is 157 Å². The maximum atomic E-state index is 6.69. The van der Waals surface area contributed by atoms with E-state index in [2.05, 4.69) is 334 Å². The summed E-state index contributed by atoms with van der Waals surface area (Å²) in [6, 6.07) is 134. The Morgan fingerprint density at radius 1 is 0.171 bits per heavy atom. The second-order valence-electron chi connectivity index (χ2n) is 28.0. The molecule has 111 heavy (non-hydrogen) atoms. The average Bonchev–Trinajstić information content (AvgIpc) is 1.68. The summed E-state index contributed by atoms with van der Waals surface area (Å²) in [4.78, 5) is 32.2. The van der Waals surface area contributed by atoms with Crippen LogP contribution in [-0.4, -0.2) is 29.9 Å². The second-order valence-corrected chi connectivity index (χ2v) is 30.2. The van der Waals surface area contributed by atoms with E-state index in [-0.39, 0.29) is 0 Å². The van der Waals surface area contributed by atoms with Crippen molar-refractivity contribution >= 4 is 85.0 Å². The SMILES string of the molecule is c1ccc(-c2cccc(-c3ccc4sc5cccc(-c6nc(-c7ccccc7)nc(-c7cccc(-c8c(-c9ccc(-c%10cccc(-c%11ccc%12sc%13cccc(-c%14nc(-c%15ccccc%15)nc(-c%15cc(-c%16ccccc%16)cc(-c%16ccccc%16)c%15)n%14)c%13c%12c%11)c%10)cc9)ccc9oc%10ccccc%10c89)c7)n6)c5c4c3)c2)cc1. The zero-order valence-corrected chi connectivity index (χ0v) is 61.3. The van der Waals surface area contributed by atoms with Crippen LogP contribution in [0.1, 0.15) is 0 Å². The molecule has 5 aromatic heterocycles. The molecular weight excluding hydrogens is 1390 g/mol. The molecule has 0 bridgehead atoms. The lowest BCUT2D eigenvalue weighted by atomic mass is 9.89. The molecule has 0 atom stereocenters. The normalized spacial score (nSPS) is 11.6. The minimum Gasteiger partial charge on any atom is -0.456 e. The Morgan fingerprint density at radius 2 is 0.514 bits per heavy atom. The molecule has 0 saturated carbocycles. The number of benzene rings is 16. The topological polar surface area (TPSA) is 90.5 Å². The molecule has 7 nitrogen and oxygen atoms in total. The van der Waals surface area contributed by atoms with Gasteiger partial charge in [-0.25, -0.2) is 29.9 Å². The Kier molecular flexibility index (Phi) is 16.1. The Balaban J connectivity index is 0.638. The zero-order valence-electron chi connectivity index (χ0n) is 59.7. The molecule has 0 spiro atoms. The van der Waals surface area contributed by atoms with Gasteiger partial charge in [0.15, 0.2) is 34.9 Å². The summed E-state index contributed by atoms with van der Waals surface area (Å²) >= 11 is 3.58. The first-order chi connectivity index (χ1) is 54.9. The summed E-state index contributed by atoms with van der Waals surface area (Å²) in [6.07, 6.45) is 0. The summed E-state index contributed by atoms with van der Waals surface area (Å²) in [7, 11) is 0. The van der Waals surface area contributed by atoms with Crippen LogP contribution in [0.5, 0.6) is 0 Å². The first-order valence-electron chi connectivity index (χ1n) is 37.2. The molecule has 0 aliphatic rings. The third-order valence-electron chi connectivity index (χ3n) is 21.2. The number of nitrogens with zero attached hydrogens (tertiary/aromatic N) is 6. The fourth-order valence-electron chi connectivity index (χ4n) is 15.8. The van der Waals surface area contributed by atoms with Crippen molar-refractivity contribution in [2.75, 3.05) is 0 Å². The highest BCUT2D eigenvalue weighted by Gasteiger charge is 2.24. The van der Waals surface area contributed by atoms with Gasteiger partial charge < -0.3 is 4.42 Å². The highest BCUT2D eigenvalue weighted by atomic mass is 32.1. The van der Waals surface area contributed by atoms with Crippen molar-refractivity contribution in [2.45, 2.75) is 0 Å². The van der Waals surface area contributed by atoms with Gasteiger partial charge in [-0.2, -0.15) is 0 Å². The third kappa shape index (κ3) is 12.1. The molecule has 0 aliphatic carbocycles. The summed E-state index contributed by atoms with van der Waals surface area (Å²) < 4.78 is 11.4. The fourth-order valence-corrected chi connectivity index (χ4v) is 18.0. The van der Waals surface area contributed by atoms with Crippen molar-refractivity contribution in [1.29, 1.82) is 0 Å². The maximum Gasteiger partial charge on any atom is 0.164 e. The molecule has 0 unspecified atom stereocenters. The van der Waals surface area contributed by atoms with E-state index in [0.29, 0.717) is 34.9 Å². The minimum absolute atomic E-state index is 0.576. The van der Waals surface area contributed by atoms with E-state index in [9.17, 15) is 0 Å². The summed E-state index contributed by atoms with van der Waals surface area (Å²) in [6.45, 7) is 0. The fraction of sp³-hybridized carbons (Fsp3) is 0. The van der Waals surface area contributed by atoms with Crippen LogP contribution >= 0.6 is 22.7 Å². The maximum absolute atomic E-state index is 6.69. The van der Waals surface area contributed by atoms with Gasteiger partial charge in [-0.1, -0.05) is 291 Å². The molecule has 0 saturated heterocycles. The molecule has 5 heterocycles. The van der Waals surface area contributed by atoms with Gasteiger partial charge in [-0.05, 0) is 168 Å². The first-order valence-corrected chi connectivity index (χ1v) is 38.8. The second kappa shape index (κ2) is 27.5. The smallest absolute Gasteiger partial charge is 0.164 e. The number of fused-ring (bicyclic) bond motifs is 9. The monoisotopic (exact) mass is 1450 g/mol. The molecule has 0 radical (unpaired) electrons. The van der Waals surface area contributed by atoms with Crippen LogP contribution < -0.4 is 0 Å². The van der Waals surface area contributed by atoms with Crippen molar-refractivity contribution in [2.24, 2.45) is 0 Å². The molecule has 518 valence electrons. The number of thiophene rings is 2. The number of hydrogen-bond acceptors (Lipinski definition) is 9. The molecule has 21 rings (SSSR count). The van der Waals surface area contributed by atoms with Crippen LogP contribution in [0, 0.1) is 0 Å². The number of aromatic nitrogens is 6. The number of furan rings is 1. The van der Waals surface area contributed by atoms with Crippen LogP contribution in [0.25, 0.3) is 220 Å². The molecule has 0 amide bonds. The van der Waals surface area contributed by atoms with Gasteiger partial charge in [0.2, 0.25) is 0 Å². The van der Waals surface area contributed by atoms with Gasteiger partial charge in [0.05, 0.1) is 0 Å². The highest BCUT2D eigenvalue weighted by Crippen LogP contribution is 2.48. The van der Waals surface area contributed by atoms with Crippen LogP contribution in [0.2, 0.25) is 0 Å². The van der Waals surface area contributed by atoms with Gasteiger partial charge in [0, 0.05) is 90.1 Å². The lowest BCUT2D eigenvalue weighted by Gasteiger charge is -2.15. The lowest BCUT2D eigenvalue weighted by Crippen LogP contribution is -2.01. The van der Waals surface area contributed by atoms with E-state index in [1.165, 1.54) is 25.2 Å². The van der Waals surface area contributed by atoms with E-state index in [1.807, 2.05) is 42.5 Å². The van der Waals surface area contributed by atoms with Gasteiger partial charge in [-0.3, -0.25) is 0 Å². The standard InChI is InChI=1S/C102H62N6OS2/c1-6-23-63(24-7-1)70-33-18-35-72(55-70)74-49-53-89-85(61-74)94-83(40-21-43-91(94)110-89)101-105-97(68-29-12-4-13-30-68)103-99(107-101)77-38-20-37-76(57-77)93-81(51-52-88-96(93)82-39-16-17-42-87(82)109-88)67-47-45-66(46-48-67)71-34-19-36-73(56-71)75-50-54-90-86(62-75)95-84(41-22-44-92(95)111-90)102-106-98(69-31-14-5-15-32-69)104-100(108-102)80-59-78(64-25-8-2-9-26-64)58-79(60-80)65-27-10-3-11-28-65/h1-62H. The van der Waals surface area contributed by atoms with Gasteiger partial charge >= 0.3 is 0 Å². The van der Waals surface area contributed by atoms with E-state index in [1.54, 1.807) is 22.7 Å². The van der Waals surface area contributed by atoms with Gasteiger partial charge in [0.25, 0.3) is 0 Å². The molecule has 0 aliphatic heterocycles. The van der Waals surface area contributed by atoms with Crippen molar-refractivity contribution < 1.29 is 4.42 Å². The Bertz CT molecular complexity index is 7120. The first kappa shape index (κ1) is 65.1. The van der Waals surface area contributed by atoms with E-state index in [0.717, 1.165) is 159 Å². The van der Waals surface area contributed by atoms with Crippen LogP contribution in [-0.2, 0) is 0 Å². The highest BCUT2D eigenvalue weighted by molar-refractivity contribution is 7.26. The molecular formula is C102H62N6OS2. The van der Waals surface area contributed by atoms with Gasteiger partial charge in [-0.15, -0.1) is 22.7 Å². The van der Waals surface area contributed by atoms with Crippen LogP contribution in [0.3, 0.4) is 0 Å². The lowest BCUT2D eigenvalue weighted by molar-refractivity contribution is 0.669. The number of para-hydroxylation sites is 1. The van der Waals surface area contributed by atoms with E-state index < -0.39 is 0 Å². The van der Waals surface area contributed by atoms with E-state index in [4.69, 9.17) is 34.3 Å². The largest absolute Gasteiger partial charge is 0.456 e. The number of hydrogen-bond donors (Lipinski definition) is 0. The van der Waals surface area contributed by atoms with Crippen LogP contribution in [0.4, 0.5) is 0 Å². The average molecular weight is 1450 g/mol. The Morgan fingerprint density at radius 3 is 1.03 bits per heavy atom. The zero-order chi connectivity index (χ0) is 73.3. The van der Waals surface area contributed by atoms with Gasteiger partial charge in [0.1, 0.15) is 11.2 Å². The quantitative estimate of drug-likeness (QED) is 0.107. The molecule has 9 heteroatoms. The summed E-state index contributed by atoms with van der Waals surface area (Å²) in [5.41, 5.74) is 24.9.